The highest BCUT2D eigenvalue weighted by atomic mass is 19.4. The summed E-state index contributed by atoms with van der Waals surface area (Å²) in [6, 6.07) is 10.8. The molecular formula is C23H24F3N5. The number of nitrogens with zero attached hydrogens (tertiary/aromatic N) is 3. The molecule has 0 amide bonds. The molecule has 0 saturated heterocycles. The molecule has 0 aliphatic rings. The second-order valence-corrected chi connectivity index (χ2v) is 7.73. The van der Waals surface area contributed by atoms with Crippen molar-refractivity contribution in [3.05, 3.63) is 82.8 Å². The van der Waals surface area contributed by atoms with E-state index in [0.717, 1.165) is 29.0 Å². The third kappa shape index (κ3) is 5.59. The van der Waals surface area contributed by atoms with Crippen molar-refractivity contribution in [1.82, 2.24) is 15.0 Å². The van der Waals surface area contributed by atoms with Crippen LogP contribution in [-0.2, 0) is 18.1 Å². The van der Waals surface area contributed by atoms with Gasteiger partial charge in [0.15, 0.2) is 0 Å². The number of aromatic nitrogens is 3. The predicted octanol–water partition coefficient (Wildman–Crippen LogP) is 5.38. The number of hydrogen-bond donors (Lipinski definition) is 2. The molecule has 0 spiro atoms. The topological polar surface area (TPSA) is 76.7 Å². The number of pyridine rings is 1. The number of nitrogens with one attached hydrogen (secondary N) is 1. The largest absolute Gasteiger partial charge is 0.416 e. The van der Waals surface area contributed by atoms with E-state index in [1.165, 1.54) is 12.1 Å². The number of nitrogen functional groups attached to an aromatic ring is 1. The molecule has 31 heavy (non-hydrogen) atoms. The first-order chi connectivity index (χ1) is 14.6. The maximum absolute atomic E-state index is 12.9. The summed E-state index contributed by atoms with van der Waals surface area (Å²) >= 11 is 0. The van der Waals surface area contributed by atoms with Crippen molar-refractivity contribution in [1.29, 1.82) is 0 Å². The quantitative estimate of drug-likeness (QED) is 0.552. The Morgan fingerprint density at radius 1 is 1.00 bits per heavy atom. The van der Waals surface area contributed by atoms with Crippen molar-refractivity contribution in [3.63, 3.8) is 0 Å². The van der Waals surface area contributed by atoms with E-state index in [2.05, 4.69) is 20.3 Å². The highest BCUT2D eigenvalue weighted by molar-refractivity contribution is 5.67. The van der Waals surface area contributed by atoms with Gasteiger partial charge in [-0.1, -0.05) is 44.2 Å². The van der Waals surface area contributed by atoms with E-state index in [4.69, 9.17) is 5.73 Å². The summed E-state index contributed by atoms with van der Waals surface area (Å²) in [5, 5.41) is 3.24. The Hall–Kier alpha value is -3.42. The maximum atomic E-state index is 12.9. The van der Waals surface area contributed by atoms with Crippen molar-refractivity contribution in [2.24, 2.45) is 0 Å². The number of allylic oxidation sites excluding steroid dienone is 1. The summed E-state index contributed by atoms with van der Waals surface area (Å²) in [4.78, 5) is 12.8. The Bertz CT molecular complexity index is 1060. The van der Waals surface area contributed by atoms with Crippen molar-refractivity contribution in [2.75, 3.05) is 11.1 Å². The molecule has 0 aliphatic carbocycles. The fraction of sp³-hybridized carbons (Fsp3) is 0.261. The van der Waals surface area contributed by atoms with E-state index in [0.29, 0.717) is 18.1 Å². The van der Waals surface area contributed by atoms with Crippen LogP contribution in [0.1, 0.15) is 41.9 Å². The number of benzene rings is 1. The van der Waals surface area contributed by atoms with Crippen LogP contribution in [-0.4, -0.2) is 15.0 Å². The molecule has 162 valence electrons. The van der Waals surface area contributed by atoms with Crippen LogP contribution < -0.4 is 11.1 Å². The van der Waals surface area contributed by atoms with Gasteiger partial charge in [0.05, 0.1) is 23.5 Å². The number of nitrogens with two attached hydrogens (primary N) is 1. The summed E-state index contributed by atoms with van der Waals surface area (Å²) < 4.78 is 38.6. The summed E-state index contributed by atoms with van der Waals surface area (Å²) in [6.07, 6.45) is 1.14. The van der Waals surface area contributed by atoms with Crippen molar-refractivity contribution in [2.45, 2.75) is 38.9 Å². The van der Waals surface area contributed by atoms with Gasteiger partial charge in [-0.25, -0.2) is 4.98 Å². The molecule has 0 bridgehead atoms. The van der Waals surface area contributed by atoms with Crippen LogP contribution >= 0.6 is 0 Å². The molecule has 0 unspecified atom stereocenters. The lowest BCUT2D eigenvalue weighted by Gasteiger charge is -2.22. The predicted molar refractivity (Wildman–Crippen MR) is 116 cm³/mol. The van der Waals surface area contributed by atoms with Crippen LogP contribution in [0.4, 0.5) is 24.9 Å². The fourth-order valence-corrected chi connectivity index (χ4v) is 3.09. The lowest BCUT2D eigenvalue weighted by Crippen LogP contribution is -2.15. The van der Waals surface area contributed by atoms with Gasteiger partial charge in [0.25, 0.3) is 0 Å². The molecule has 3 aromatic rings. The Balaban J connectivity index is 1.86. The second kappa shape index (κ2) is 8.75. The second-order valence-electron chi connectivity index (χ2n) is 7.73. The molecular weight excluding hydrogens is 403 g/mol. The summed E-state index contributed by atoms with van der Waals surface area (Å²) in [6.45, 7) is 6.15. The lowest BCUT2D eigenvalue weighted by molar-refractivity contribution is -0.137. The minimum absolute atomic E-state index is 0.153. The third-order valence-electron chi connectivity index (χ3n) is 4.94. The fourth-order valence-electron chi connectivity index (χ4n) is 3.09. The zero-order valence-corrected chi connectivity index (χ0v) is 17.5. The van der Waals surface area contributed by atoms with Gasteiger partial charge in [-0.2, -0.15) is 18.2 Å². The van der Waals surface area contributed by atoms with E-state index < -0.39 is 17.2 Å². The third-order valence-corrected chi connectivity index (χ3v) is 4.94. The Morgan fingerprint density at radius 3 is 2.29 bits per heavy atom. The van der Waals surface area contributed by atoms with Gasteiger partial charge >= 0.3 is 6.18 Å². The SMILES string of the molecule is Cc1nc(N)nc(NCc2ccccn2)c1C=CC(C)(C)c1ccc(C(F)(F)F)cc1. The highest BCUT2D eigenvalue weighted by Gasteiger charge is 2.30. The number of rotatable bonds is 6. The molecule has 0 radical (unpaired) electrons. The zero-order valence-electron chi connectivity index (χ0n) is 17.5. The average molecular weight is 427 g/mol. The monoisotopic (exact) mass is 427 g/mol. The first kappa shape index (κ1) is 22.3. The van der Waals surface area contributed by atoms with Crippen LogP contribution in [0, 0.1) is 6.92 Å². The average Bonchev–Trinajstić information content (AvgIpc) is 2.71. The van der Waals surface area contributed by atoms with Gasteiger partial charge in [-0.3, -0.25) is 4.98 Å². The molecule has 0 fully saturated rings. The van der Waals surface area contributed by atoms with E-state index in [1.54, 1.807) is 6.20 Å². The highest BCUT2D eigenvalue weighted by Crippen LogP contribution is 2.33. The van der Waals surface area contributed by atoms with Crippen LogP contribution in [0.25, 0.3) is 6.08 Å². The maximum Gasteiger partial charge on any atom is 0.416 e. The zero-order chi connectivity index (χ0) is 22.6. The van der Waals surface area contributed by atoms with Crippen molar-refractivity contribution >= 4 is 17.8 Å². The van der Waals surface area contributed by atoms with Crippen molar-refractivity contribution < 1.29 is 13.2 Å². The number of hydrogen-bond acceptors (Lipinski definition) is 5. The molecule has 8 heteroatoms. The number of anilines is 2. The molecule has 3 rings (SSSR count). The summed E-state index contributed by atoms with van der Waals surface area (Å²) in [7, 11) is 0. The molecule has 1 aromatic carbocycles. The first-order valence-electron chi connectivity index (χ1n) is 9.71. The van der Waals surface area contributed by atoms with Crippen LogP contribution in [0.2, 0.25) is 0 Å². The van der Waals surface area contributed by atoms with Gasteiger partial charge < -0.3 is 11.1 Å². The van der Waals surface area contributed by atoms with Gasteiger partial charge in [-0.15, -0.1) is 0 Å². The van der Waals surface area contributed by atoms with E-state index >= 15 is 0 Å². The Morgan fingerprint density at radius 2 is 1.68 bits per heavy atom. The van der Waals surface area contributed by atoms with Gasteiger partial charge in [0.1, 0.15) is 5.82 Å². The normalized spacial score (nSPS) is 12.3. The van der Waals surface area contributed by atoms with E-state index in [9.17, 15) is 13.2 Å². The van der Waals surface area contributed by atoms with E-state index in [1.807, 2.05) is 51.1 Å². The molecule has 2 aromatic heterocycles. The standard InChI is InChI=1S/C23H24F3N5/c1-15-19(20(31-21(27)30-15)29-14-18-6-4-5-13-28-18)11-12-22(2,3)16-7-9-17(10-8-16)23(24,25)26/h4-13H,14H2,1-3H3,(H3,27,29,30,31). The molecule has 3 N–H and O–H groups in total. The lowest BCUT2D eigenvalue weighted by atomic mass is 9.83. The van der Waals surface area contributed by atoms with Gasteiger partial charge in [0.2, 0.25) is 5.95 Å². The molecule has 0 saturated carbocycles. The summed E-state index contributed by atoms with van der Waals surface area (Å²) in [5.41, 5.74) is 7.69. The van der Waals surface area contributed by atoms with E-state index in [-0.39, 0.29) is 5.95 Å². The summed E-state index contributed by atoms with van der Waals surface area (Å²) in [5.74, 6) is 0.718. The van der Waals surface area contributed by atoms with Crippen molar-refractivity contribution in [3.8, 4) is 0 Å². The van der Waals surface area contributed by atoms with Gasteiger partial charge in [0, 0.05) is 17.2 Å². The number of aryl methyl sites for hydroxylation is 1. The molecule has 5 nitrogen and oxygen atoms in total. The molecule has 2 heterocycles. The van der Waals surface area contributed by atoms with Crippen LogP contribution in [0.15, 0.2) is 54.7 Å². The smallest absolute Gasteiger partial charge is 0.368 e. The minimum atomic E-state index is -4.36. The Labute approximate surface area is 179 Å². The Kier molecular flexibility index (Phi) is 6.29. The van der Waals surface area contributed by atoms with Crippen LogP contribution in [0.3, 0.4) is 0 Å². The number of halogens is 3. The van der Waals surface area contributed by atoms with Crippen LogP contribution in [0.5, 0.6) is 0 Å². The number of alkyl halides is 3. The molecule has 0 atom stereocenters. The minimum Gasteiger partial charge on any atom is -0.368 e. The van der Waals surface area contributed by atoms with Gasteiger partial charge in [-0.05, 0) is 36.8 Å². The molecule has 0 aliphatic heterocycles. The first-order valence-corrected chi connectivity index (χ1v) is 9.71.